The first-order chi connectivity index (χ1) is 12.6. The highest BCUT2D eigenvalue weighted by Crippen LogP contribution is 2.24. The first-order valence-electron chi connectivity index (χ1n) is 8.86. The number of rotatable bonds is 4. The SMILES string of the molecule is O=C(O)/C=C/C(=O)O.c1ncc(N2CCCNCC2)cc1N1CCCC1. The van der Waals surface area contributed by atoms with Gasteiger partial charge in [0.05, 0.1) is 23.8 Å². The lowest BCUT2D eigenvalue weighted by Crippen LogP contribution is -2.28. The molecule has 26 heavy (non-hydrogen) atoms. The van der Waals surface area contributed by atoms with Gasteiger partial charge in [-0.05, 0) is 31.9 Å². The summed E-state index contributed by atoms with van der Waals surface area (Å²) in [7, 11) is 0. The Morgan fingerprint density at radius 3 is 2.00 bits per heavy atom. The Morgan fingerprint density at radius 2 is 1.42 bits per heavy atom. The normalized spacial score (nSPS) is 17.5. The second-order valence-electron chi connectivity index (χ2n) is 6.20. The predicted molar refractivity (Wildman–Crippen MR) is 99.8 cm³/mol. The Morgan fingerprint density at radius 1 is 0.885 bits per heavy atom. The zero-order valence-electron chi connectivity index (χ0n) is 14.8. The van der Waals surface area contributed by atoms with Crippen LogP contribution >= 0.6 is 0 Å². The second-order valence-corrected chi connectivity index (χ2v) is 6.20. The van der Waals surface area contributed by atoms with Gasteiger partial charge in [0.2, 0.25) is 0 Å². The minimum atomic E-state index is -1.26. The van der Waals surface area contributed by atoms with Crippen molar-refractivity contribution in [3.8, 4) is 0 Å². The molecule has 0 aliphatic carbocycles. The van der Waals surface area contributed by atoms with Crippen molar-refractivity contribution in [1.29, 1.82) is 0 Å². The van der Waals surface area contributed by atoms with Gasteiger partial charge in [-0.15, -0.1) is 0 Å². The van der Waals surface area contributed by atoms with Crippen molar-refractivity contribution in [1.82, 2.24) is 10.3 Å². The van der Waals surface area contributed by atoms with Gasteiger partial charge >= 0.3 is 11.9 Å². The molecule has 0 atom stereocenters. The minimum absolute atomic E-state index is 0.558. The highest BCUT2D eigenvalue weighted by atomic mass is 16.4. The van der Waals surface area contributed by atoms with Crippen LogP contribution in [0.1, 0.15) is 19.3 Å². The summed E-state index contributed by atoms with van der Waals surface area (Å²) in [5.74, 6) is -2.51. The molecule has 3 heterocycles. The molecule has 0 saturated carbocycles. The molecule has 0 amide bonds. The van der Waals surface area contributed by atoms with Gasteiger partial charge in [-0.1, -0.05) is 0 Å². The standard InChI is InChI=1S/C14H22N4.C4H4O4/c1-2-7-17(6-1)13-10-14(12-16-11-13)18-8-3-4-15-5-9-18;5-3(6)1-2-4(7)8/h10-12,15H,1-9H2;1-2H,(H,5,6)(H,7,8)/b;2-1+. The molecule has 0 aromatic carbocycles. The Labute approximate surface area is 153 Å². The molecule has 0 unspecified atom stereocenters. The largest absolute Gasteiger partial charge is 0.478 e. The Balaban J connectivity index is 0.000000260. The molecule has 8 nitrogen and oxygen atoms in total. The molecule has 2 saturated heterocycles. The van der Waals surface area contributed by atoms with Crippen molar-refractivity contribution >= 4 is 23.3 Å². The van der Waals surface area contributed by atoms with Gasteiger partial charge in [-0.25, -0.2) is 9.59 Å². The molecule has 2 aliphatic rings. The van der Waals surface area contributed by atoms with Crippen LogP contribution in [0.2, 0.25) is 0 Å². The monoisotopic (exact) mass is 362 g/mol. The third-order valence-corrected chi connectivity index (χ3v) is 4.25. The van der Waals surface area contributed by atoms with Crippen LogP contribution in [0.15, 0.2) is 30.6 Å². The van der Waals surface area contributed by atoms with Gasteiger partial charge < -0.3 is 25.3 Å². The van der Waals surface area contributed by atoms with E-state index in [9.17, 15) is 9.59 Å². The van der Waals surface area contributed by atoms with E-state index in [0.717, 1.165) is 26.2 Å². The molecular formula is C18H26N4O4. The van der Waals surface area contributed by atoms with Gasteiger partial charge in [0.25, 0.3) is 0 Å². The molecule has 3 N–H and O–H groups in total. The maximum Gasteiger partial charge on any atom is 0.328 e. The Kier molecular flexibility index (Phi) is 7.88. The summed E-state index contributed by atoms with van der Waals surface area (Å²) in [6.07, 6.45) is 8.98. The number of nitrogens with one attached hydrogen (secondary N) is 1. The summed E-state index contributed by atoms with van der Waals surface area (Å²) in [5, 5.41) is 19.1. The fourth-order valence-corrected chi connectivity index (χ4v) is 2.98. The molecule has 0 bridgehead atoms. The van der Waals surface area contributed by atoms with E-state index in [0.29, 0.717) is 12.2 Å². The second kappa shape index (κ2) is 10.4. The van der Waals surface area contributed by atoms with E-state index in [2.05, 4.69) is 26.2 Å². The fraction of sp³-hybridized carbons (Fsp3) is 0.500. The van der Waals surface area contributed by atoms with Gasteiger partial charge in [-0.2, -0.15) is 0 Å². The van der Waals surface area contributed by atoms with Crippen LogP contribution in [0.25, 0.3) is 0 Å². The molecule has 142 valence electrons. The van der Waals surface area contributed by atoms with Crippen LogP contribution in [0.5, 0.6) is 0 Å². The van der Waals surface area contributed by atoms with E-state index in [1.54, 1.807) is 0 Å². The molecule has 3 rings (SSSR count). The zero-order valence-corrected chi connectivity index (χ0v) is 14.8. The maximum atomic E-state index is 9.55. The van der Waals surface area contributed by atoms with E-state index in [4.69, 9.17) is 10.2 Å². The number of aromatic nitrogens is 1. The van der Waals surface area contributed by atoms with Crippen LogP contribution in [0, 0.1) is 0 Å². The van der Waals surface area contributed by atoms with Gasteiger partial charge in [0.15, 0.2) is 0 Å². The maximum absolute atomic E-state index is 9.55. The number of carbonyl (C=O) groups is 2. The number of carboxylic acid groups (broad SMARTS) is 2. The van der Waals surface area contributed by atoms with Crippen LogP contribution < -0.4 is 15.1 Å². The lowest BCUT2D eigenvalue weighted by atomic mass is 10.3. The summed E-state index contributed by atoms with van der Waals surface area (Å²) < 4.78 is 0. The lowest BCUT2D eigenvalue weighted by molar-refractivity contribution is -0.134. The Bertz CT molecular complexity index is 605. The van der Waals surface area contributed by atoms with Crippen LogP contribution in [0.4, 0.5) is 11.4 Å². The summed E-state index contributed by atoms with van der Waals surface area (Å²) in [6.45, 7) is 6.81. The highest BCUT2D eigenvalue weighted by Gasteiger charge is 2.15. The zero-order chi connectivity index (χ0) is 18.8. The van der Waals surface area contributed by atoms with E-state index in [1.807, 2.05) is 12.4 Å². The summed E-state index contributed by atoms with van der Waals surface area (Å²) in [5.41, 5.74) is 2.57. The van der Waals surface area contributed by atoms with Crippen LogP contribution in [0.3, 0.4) is 0 Å². The molecule has 0 spiro atoms. The first kappa shape index (κ1) is 19.7. The molecular weight excluding hydrogens is 336 g/mol. The van der Waals surface area contributed by atoms with Crippen LogP contribution in [-0.2, 0) is 9.59 Å². The number of hydrogen-bond donors (Lipinski definition) is 3. The molecule has 2 aliphatic heterocycles. The van der Waals surface area contributed by atoms with E-state index in [-0.39, 0.29) is 0 Å². The smallest absolute Gasteiger partial charge is 0.328 e. The number of pyridine rings is 1. The minimum Gasteiger partial charge on any atom is -0.478 e. The van der Waals surface area contributed by atoms with E-state index >= 15 is 0 Å². The number of nitrogens with zero attached hydrogens (tertiary/aromatic N) is 3. The summed E-state index contributed by atoms with van der Waals surface area (Å²) in [4.78, 5) is 28.4. The molecule has 1 aromatic rings. The number of anilines is 2. The third kappa shape index (κ3) is 6.72. The topological polar surface area (TPSA) is 106 Å². The highest BCUT2D eigenvalue weighted by molar-refractivity contribution is 5.89. The van der Waals surface area contributed by atoms with Crippen molar-refractivity contribution in [3.05, 3.63) is 30.6 Å². The Hall–Kier alpha value is -2.61. The number of aliphatic carboxylic acids is 2. The van der Waals surface area contributed by atoms with E-state index < -0.39 is 11.9 Å². The van der Waals surface area contributed by atoms with Gasteiger partial charge in [0.1, 0.15) is 0 Å². The number of carboxylic acids is 2. The molecule has 0 radical (unpaired) electrons. The average Bonchev–Trinajstić information content (AvgIpc) is 3.03. The van der Waals surface area contributed by atoms with Crippen molar-refractivity contribution < 1.29 is 19.8 Å². The average molecular weight is 362 g/mol. The van der Waals surface area contributed by atoms with Crippen molar-refractivity contribution in [2.75, 3.05) is 49.1 Å². The molecule has 2 fully saturated rings. The first-order valence-corrected chi connectivity index (χ1v) is 8.86. The van der Waals surface area contributed by atoms with Crippen molar-refractivity contribution in [2.45, 2.75) is 19.3 Å². The summed E-state index contributed by atoms with van der Waals surface area (Å²) >= 11 is 0. The lowest BCUT2D eigenvalue weighted by Gasteiger charge is -2.24. The fourth-order valence-electron chi connectivity index (χ4n) is 2.98. The van der Waals surface area contributed by atoms with E-state index in [1.165, 1.54) is 43.7 Å². The molecule has 1 aromatic heterocycles. The third-order valence-electron chi connectivity index (χ3n) is 4.25. The quantitative estimate of drug-likeness (QED) is 0.686. The van der Waals surface area contributed by atoms with Gasteiger partial charge in [0, 0.05) is 44.9 Å². The predicted octanol–water partition coefficient (Wildman–Crippen LogP) is 1.19. The molecule has 8 heteroatoms. The van der Waals surface area contributed by atoms with Crippen LogP contribution in [-0.4, -0.2) is 66.4 Å². The van der Waals surface area contributed by atoms with Gasteiger partial charge in [-0.3, -0.25) is 4.98 Å². The van der Waals surface area contributed by atoms with Crippen molar-refractivity contribution in [3.63, 3.8) is 0 Å². The summed E-state index contributed by atoms with van der Waals surface area (Å²) in [6, 6.07) is 2.31. The van der Waals surface area contributed by atoms with Crippen molar-refractivity contribution in [2.24, 2.45) is 0 Å². The number of hydrogen-bond acceptors (Lipinski definition) is 6.